The molecule has 1 aliphatic rings. The van der Waals surface area contributed by atoms with E-state index in [-0.39, 0.29) is 29.7 Å². The maximum atomic E-state index is 10.0. The fraction of sp³-hybridized carbons (Fsp3) is 0.611. The van der Waals surface area contributed by atoms with E-state index < -0.39 is 0 Å². The summed E-state index contributed by atoms with van der Waals surface area (Å²) in [5, 5.41) is 14.1. The van der Waals surface area contributed by atoms with E-state index >= 15 is 0 Å². The number of phenols is 1. The van der Waals surface area contributed by atoms with E-state index in [0.717, 1.165) is 43.3 Å². The number of nitrogens with one attached hydrogen (secondary N) is 1. The van der Waals surface area contributed by atoms with E-state index in [1.165, 1.54) is 0 Å². The van der Waals surface area contributed by atoms with Crippen molar-refractivity contribution < 1.29 is 9.84 Å². The molecule has 1 unspecified atom stereocenters. The second-order valence-electron chi connectivity index (χ2n) is 6.32. The van der Waals surface area contributed by atoms with Crippen LogP contribution in [0.2, 0.25) is 0 Å². The number of halogens is 1. The zero-order valence-corrected chi connectivity index (χ0v) is 18.6. The number of thioether (sulfide) groups is 1. The summed E-state index contributed by atoms with van der Waals surface area (Å²) in [5.41, 5.74) is 0.910. The van der Waals surface area contributed by atoms with E-state index in [1.807, 2.05) is 19.2 Å². The Morgan fingerprint density at radius 1 is 1.48 bits per heavy atom. The largest absolute Gasteiger partial charge is 0.508 e. The highest BCUT2D eigenvalue weighted by atomic mass is 127. The molecule has 2 rings (SSSR count). The van der Waals surface area contributed by atoms with Gasteiger partial charge in [0.2, 0.25) is 0 Å². The first-order chi connectivity index (χ1) is 11.5. The Morgan fingerprint density at radius 3 is 2.84 bits per heavy atom. The van der Waals surface area contributed by atoms with Gasteiger partial charge in [-0.05, 0) is 24.0 Å². The quantitative estimate of drug-likeness (QED) is 0.386. The second kappa shape index (κ2) is 11.0. The van der Waals surface area contributed by atoms with Crippen LogP contribution >= 0.6 is 35.7 Å². The molecule has 142 valence electrons. The van der Waals surface area contributed by atoms with Crippen molar-refractivity contribution in [3.63, 3.8) is 0 Å². The van der Waals surface area contributed by atoms with Crippen LogP contribution in [0.1, 0.15) is 19.4 Å². The molecule has 0 spiro atoms. The average Bonchev–Trinajstić information content (AvgIpc) is 2.60. The molecule has 1 aliphatic heterocycles. The summed E-state index contributed by atoms with van der Waals surface area (Å²) < 4.78 is 5.12. The van der Waals surface area contributed by atoms with Crippen molar-refractivity contribution in [1.29, 1.82) is 0 Å². The van der Waals surface area contributed by atoms with Crippen molar-refractivity contribution in [1.82, 2.24) is 10.2 Å². The molecule has 0 amide bonds. The Balaban J connectivity index is 0.00000312. The van der Waals surface area contributed by atoms with Gasteiger partial charge in [-0.2, -0.15) is 11.8 Å². The summed E-state index contributed by atoms with van der Waals surface area (Å²) in [5.74, 6) is 3.72. The third kappa shape index (κ3) is 6.44. The van der Waals surface area contributed by atoms with Crippen LogP contribution in [0.4, 0.5) is 0 Å². The highest BCUT2D eigenvalue weighted by Crippen LogP contribution is 2.25. The van der Waals surface area contributed by atoms with Crippen molar-refractivity contribution in [2.75, 3.05) is 39.5 Å². The first-order valence-electron chi connectivity index (χ1n) is 8.48. The Morgan fingerprint density at radius 2 is 2.24 bits per heavy atom. The average molecular weight is 479 g/mol. The maximum absolute atomic E-state index is 10.0. The van der Waals surface area contributed by atoms with Crippen LogP contribution in [0.15, 0.2) is 23.2 Å². The van der Waals surface area contributed by atoms with Crippen molar-refractivity contribution in [3.8, 4) is 11.5 Å². The van der Waals surface area contributed by atoms with Gasteiger partial charge in [0.1, 0.15) is 11.5 Å². The molecule has 1 aromatic carbocycles. The van der Waals surface area contributed by atoms with Crippen molar-refractivity contribution >= 4 is 41.7 Å². The molecule has 0 radical (unpaired) electrons. The number of rotatable bonds is 5. The van der Waals surface area contributed by atoms with Gasteiger partial charge in [-0.3, -0.25) is 4.99 Å². The van der Waals surface area contributed by atoms with E-state index in [1.54, 1.807) is 13.2 Å². The highest BCUT2D eigenvalue weighted by Gasteiger charge is 2.24. The van der Waals surface area contributed by atoms with Gasteiger partial charge in [0.25, 0.3) is 0 Å². The number of ether oxygens (including phenoxy) is 1. The van der Waals surface area contributed by atoms with Gasteiger partial charge in [-0.25, -0.2) is 0 Å². The molecule has 0 saturated carbocycles. The van der Waals surface area contributed by atoms with Crippen LogP contribution in [0.25, 0.3) is 0 Å². The number of guanidine groups is 1. The molecule has 2 N–H and O–H groups in total. The normalized spacial score (nSPS) is 18.0. The van der Waals surface area contributed by atoms with Gasteiger partial charge in [-0.1, -0.05) is 19.9 Å². The van der Waals surface area contributed by atoms with Crippen LogP contribution in [-0.2, 0) is 6.42 Å². The summed E-state index contributed by atoms with van der Waals surface area (Å²) in [6, 6.07) is 5.43. The van der Waals surface area contributed by atoms with Gasteiger partial charge in [0.15, 0.2) is 5.96 Å². The summed E-state index contributed by atoms with van der Waals surface area (Å²) in [6.07, 6.45) is 0.741. The number of aromatic hydroxyl groups is 1. The minimum atomic E-state index is 0. The van der Waals surface area contributed by atoms with E-state index in [4.69, 9.17) is 4.74 Å². The molecule has 0 aromatic heterocycles. The molecule has 25 heavy (non-hydrogen) atoms. The number of aliphatic imine (C=N–C) groups is 1. The van der Waals surface area contributed by atoms with Crippen molar-refractivity contribution in [3.05, 3.63) is 23.8 Å². The second-order valence-corrected chi connectivity index (χ2v) is 7.66. The molecule has 0 aliphatic carbocycles. The molecule has 1 heterocycles. The highest BCUT2D eigenvalue weighted by molar-refractivity contribution is 14.0. The van der Waals surface area contributed by atoms with Crippen LogP contribution in [0.3, 0.4) is 0 Å². The summed E-state index contributed by atoms with van der Waals surface area (Å²) in [7, 11) is 3.43. The van der Waals surface area contributed by atoms with E-state index in [0.29, 0.717) is 16.9 Å². The first-order valence-corrected chi connectivity index (χ1v) is 9.53. The minimum absolute atomic E-state index is 0. The number of benzene rings is 1. The molecule has 1 fully saturated rings. The molecule has 0 bridgehead atoms. The smallest absolute Gasteiger partial charge is 0.193 e. The summed E-state index contributed by atoms with van der Waals surface area (Å²) in [4.78, 5) is 6.77. The van der Waals surface area contributed by atoms with Gasteiger partial charge >= 0.3 is 0 Å². The SMILES string of the molecule is CN=C(NCCc1ccc(OC)cc1O)N1CCSC(C(C)C)C1.I. The van der Waals surface area contributed by atoms with Crippen LogP contribution < -0.4 is 10.1 Å². The topological polar surface area (TPSA) is 57.1 Å². The molecule has 7 heteroatoms. The predicted octanol–water partition coefficient (Wildman–Crippen LogP) is 3.21. The van der Waals surface area contributed by atoms with Crippen LogP contribution in [0.5, 0.6) is 11.5 Å². The molecule has 1 saturated heterocycles. The van der Waals surface area contributed by atoms with E-state index in [9.17, 15) is 5.11 Å². The van der Waals surface area contributed by atoms with Gasteiger partial charge < -0.3 is 20.1 Å². The zero-order valence-electron chi connectivity index (χ0n) is 15.5. The predicted molar refractivity (Wildman–Crippen MR) is 118 cm³/mol. The lowest BCUT2D eigenvalue weighted by Gasteiger charge is -2.36. The fourth-order valence-electron chi connectivity index (χ4n) is 2.79. The number of hydrogen-bond acceptors (Lipinski definition) is 4. The van der Waals surface area contributed by atoms with Crippen molar-refractivity contribution in [2.45, 2.75) is 25.5 Å². The maximum Gasteiger partial charge on any atom is 0.193 e. The molecule has 5 nitrogen and oxygen atoms in total. The molecular formula is C18H30IN3O2S. The van der Waals surface area contributed by atoms with Gasteiger partial charge in [-0.15, -0.1) is 24.0 Å². The summed E-state index contributed by atoms with van der Waals surface area (Å²) >= 11 is 2.06. The zero-order chi connectivity index (χ0) is 17.5. The Hall–Kier alpha value is -0.830. The van der Waals surface area contributed by atoms with E-state index in [2.05, 4.69) is 40.8 Å². The fourth-order valence-corrected chi connectivity index (χ4v) is 4.09. The van der Waals surface area contributed by atoms with Crippen LogP contribution in [-0.4, -0.2) is 60.8 Å². The number of hydrogen-bond donors (Lipinski definition) is 2. The Labute approximate surface area is 172 Å². The number of nitrogens with zero attached hydrogens (tertiary/aromatic N) is 2. The lowest BCUT2D eigenvalue weighted by molar-refractivity contribution is 0.381. The van der Waals surface area contributed by atoms with Crippen LogP contribution in [0, 0.1) is 5.92 Å². The third-order valence-electron chi connectivity index (χ3n) is 4.32. The molecule has 1 aromatic rings. The monoisotopic (exact) mass is 479 g/mol. The lowest BCUT2D eigenvalue weighted by Crippen LogP contribution is -2.49. The Kier molecular flexibility index (Phi) is 9.78. The van der Waals surface area contributed by atoms with Crippen molar-refractivity contribution in [2.24, 2.45) is 10.9 Å². The number of phenolic OH excluding ortho intramolecular Hbond substituents is 1. The lowest BCUT2D eigenvalue weighted by atomic mass is 10.1. The molecule has 1 atom stereocenters. The number of methoxy groups -OCH3 is 1. The minimum Gasteiger partial charge on any atom is -0.508 e. The summed E-state index contributed by atoms with van der Waals surface area (Å²) in [6.45, 7) is 7.37. The first kappa shape index (κ1) is 22.2. The third-order valence-corrected chi connectivity index (χ3v) is 5.86. The Bertz CT molecular complexity index is 569. The van der Waals surface area contributed by atoms with Gasteiger partial charge in [0, 0.05) is 43.8 Å². The van der Waals surface area contributed by atoms with Gasteiger partial charge in [0.05, 0.1) is 7.11 Å². The molecular weight excluding hydrogens is 449 g/mol. The standard InChI is InChI=1S/C18H29N3O2S.HI/c1-13(2)17-12-21(9-10-24-17)18(19-3)20-8-7-14-5-6-15(23-4)11-16(14)22;/h5-6,11,13,17,22H,7-10,12H2,1-4H3,(H,19,20);1H.